The van der Waals surface area contributed by atoms with E-state index in [9.17, 15) is 24.5 Å². The average molecular weight is 505 g/mol. The van der Waals surface area contributed by atoms with Crippen LogP contribution in [0.4, 0.5) is 10.5 Å². The molecule has 1 aromatic heterocycles. The molecule has 11 nitrogen and oxygen atoms in total. The number of nitro groups is 1. The van der Waals surface area contributed by atoms with Gasteiger partial charge in [0.25, 0.3) is 17.5 Å². The number of hydrogen-bond donors (Lipinski definition) is 3. The second kappa shape index (κ2) is 9.02. The number of carbonyl (C=O) groups excluding carboxylic acids is 3. The zero-order valence-corrected chi connectivity index (χ0v) is 18.4. The van der Waals surface area contributed by atoms with Crippen molar-refractivity contribution in [1.29, 1.82) is 0 Å². The lowest BCUT2D eigenvalue weighted by Crippen LogP contribution is -2.51. The molecule has 0 saturated carbocycles. The number of H-pyrrole nitrogens is 1. The molecule has 2 aromatic carbocycles. The van der Waals surface area contributed by atoms with E-state index in [4.69, 9.17) is 23.2 Å². The number of urea groups is 1. The zero-order chi connectivity index (χ0) is 23.7. The minimum absolute atomic E-state index is 0.203. The fraction of sp³-hybridized carbons (Fsp3) is 0. The van der Waals surface area contributed by atoms with Crippen molar-refractivity contribution in [3.63, 3.8) is 0 Å². The van der Waals surface area contributed by atoms with Gasteiger partial charge in [-0.25, -0.2) is 9.78 Å². The molecule has 1 aliphatic rings. The standard InChI is InChI=1S/C19H10Cl2N6O5S/c20-9-2-3-10(12(21)7-9)15-22-19(26-25-15)33-14-4-1-8(6-13(14)27(31)32)5-11-16(28)23-18(30)24-17(11)29/h1-7H,(H,22,25,26)(H2,23,24,28,29,30). The van der Waals surface area contributed by atoms with Crippen LogP contribution < -0.4 is 10.6 Å². The molecule has 0 atom stereocenters. The number of benzene rings is 2. The van der Waals surface area contributed by atoms with Crippen molar-refractivity contribution in [3.05, 3.63) is 67.7 Å². The van der Waals surface area contributed by atoms with E-state index in [1.54, 1.807) is 18.2 Å². The number of aromatic amines is 1. The maximum absolute atomic E-state index is 11.9. The topological polar surface area (TPSA) is 160 Å². The highest BCUT2D eigenvalue weighted by atomic mass is 35.5. The first kappa shape index (κ1) is 22.5. The van der Waals surface area contributed by atoms with Gasteiger partial charge in [0.2, 0.25) is 5.16 Å². The summed E-state index contributed by atoms with van der Waals surface area (Å²) >= 11 is 13.0. The van der Waals surface area contributed by atoms with Gasteiger partial charge in [0.15, 0.2) is 5.82 Å². The van der Waals surface area contributed by atoms with Gasteiger partial charge in [0.05, 0.1) is 14.8 Å². The van der Waals surface area contributed by atoms with E-state index in [0.29, 0.717) is 21.4 Å². The molecule has 4 amide bonds. The van der Waals surface area contributed by atoms with Crippen LogP contribution in [0.3, 0.4) is 0 Å². The number of amides is 4. The summed E-state index contributed by atoms with van der Waals surface area (Å²) in [6.07, 6.45) is 1.14. The Morgan fingerprint density at radius 2 is 1.76 bits per heavy atom. The number of halogens is 2. The van der Waals surface area contributed by atoms with Gasteiger partial charge in [-0.15, -0.1) is 5.10 Å². The van der Waals surface area contributed by atoms with Crippen LogP contribution in [0.2, 0.25) is 10.0 Å². The van der Waals surface area contributed by atoms with Crippen molar-refractivity contribution in [2.24, 2.45) is 0 Å². The van der Waals surface area contributed by atoms with Crippen molar-refractivity contribution in [1.82, 2.24) is 25.8 Å². The smallest absolute Gasteiger partial charge is 0.273 e. The van der Waals surface area contributed by atoms with Crippen molar-refractivity contribution in [2.45, 2.75) is 10.1 Å². The molecule has 1 aliphatic heterocycles. The van der Waals surface area contributed by atoms with Crippen LogP contribution >= 0.6 is 35.0 Å². The Morgan fingerprint density at radius 1 is 1.03 bits per heavy atom. The van der Waals surface area contributed by atoms with E-state index < -0.39 is 22.8 Å². The summed E-state index contributed by atoms with van der Waals surface area (Å²) in [6.45, 7) is 0. The fourth-order valence-electron chi connectivity index (χ4n) is 2.82. The van der Waals surface area contributed by atoms with Gasteiger partial charge in [-0.05, 0) is 47.7 Å². The summed E-state index contributed by atoms with van der Waals surface area (Å²) in [5.74, 6) is -1.45. The molecule has 0 unspecified atom stereocenters. The molecule has 14 heteroatoms. The third kappa shape index (κ3) is 4.87. The molecular formula is C19H10Cl2N6O5S. The lowest BCUT2D eigenvalue weighted by Gasteiger charge is -2.13. The molecule has 1 fully saturated rings. The van der Waals surface area contributed by atoms with Crippen LogP contribution in [0, 0.1) is 10.1 Å². The van der Waals surface area contributed by atoms with Crippen LogP contribution in [-0.2, 0) is 9.59 Å². The Morgan fingerprint density at radius 3 is 2.42 bits per heavy atom. The fourth-order valence-corrected chi connectivity index (χ4v) is 4.12. The van der Waals surface area contributed by atoms with E-state index in [2.05, 4.69) is 15.2 Å². The highest BCUT2D eigenvalue weighted by molar-refractivity contribution is 7.99. The third-order valence-electron chi connectivity index (χ3n) is 4.29. The van der Waals surface area contributed by atoms with Crippen molar-refractivity contribution in [3.8, 4) is 11.4 Å². The molecule has 3 N–H and O–H groups in total. The minimum atomic E-state index is -0.939. The maximum atomic E-state index is 11.9. The first-order chi connectivity index (χ1) is 15.7. The van der Waals surface area contributed by atoms with Gasteiger partial charge in [-0.1, -0.05) is 29.3 Å². The van der Waals surface area contributed by atoms with Gasteiger partial charge in [-0.3, -0.25) is 35.4 Å². The number of imide groups is 2. The second-order valence-electron chi connectivity index (χ2n) is 6.47. The minimum Gasteiger partial charge on any atom is -0.273 e. The van der Waals surface area contributed by atoms with Gasteiger partial charge in [-0.2, -0.15) is 0 Å². The van der Waals surface area contributed by atoms with E-state index in [0.717, 1.165) is 17.8 Å². The molecule has 4 rings (SSSR count). The summed E-state index contributed by atoms with van der Waals surface area (Å²) in [5, 5.41) is 23.3. The van der Waals surface area contributed by atoms with E-state index >= 15 is 0 Å². The molecule has 1 saturated heterocycles. The monoisotopic (exact) mass is 504 g/mol. The van der Waals surface area contributed by atoms with Crippen molar-refractivity contribution < 1.29 is 19.3 Å². The molecular weight excluding hydrogens is 495 g/mol. The maximum Gasteiger partial charge on any atom is 0.328 e. The molecule has 2 heterocycles. The van der Waals surface area contributed by atoms with Crippen LogP contribution in [0.25, 0.3) is 17.5 Å². The lowest BCUT2D eigenvalue weighted by molar-refractivity contribution is -0.387. The Hall–Kier alpha value is -3.74. The molecule has 0 aliphatic carbocycles. The Bertz CT molecular complexity index is 1350. The molecule has 0 radical (unpaired) electrons. The normalized spacial score (nSPS) is 13.5. The average Bonchev–Trinajstić information content (AvgIpc) is 3.19. The van der Waals surface area contributed by atoms with Crippen LogP contribution in [0.15, 0.2) is 52.0 Å². The summed E-state index contributed by atoms with van der Waals surface area (Å²) < 4.78 is 0. The number of rotatable bonds is 5. The molecule has 166 valence electrons. The Kier molecular flexibility index (Phi) is 6.14. The van der Waals surface area contributed by atoms with Crippen molar-refractivity contribution >= 4 is 64.6 Å². The lowest BCUT2D eigenvalue weighted by atomic mass is 10.1. The van der Waals surface area contributed by atoms with Crippen molar-refractivity contribution in [2.75, 3.05) is 0 Å². The number of aromatic nitrogens is 3. The Labute approximate surface area is 198 Å². The highest BCUT2D eigenvalue weighted by Gasteiger charge is 2.28. The van der Waals surface area contributed by atoms with E-state index in [1.165, 1.54) is 18.2 Å². The zero-order valence-electron chi connectivity index (χ0n) is 16.1. The first-order valence-electron chi connectivity index (χ1n) is 8.94. The predicted molar refractivity (Wildman–Crippen MR) is 119 cm³/mol. The number of hydrogen-bond acceptors (Lipinski definition) is 8. The van der Waals surface area contributed by atoms with E-state index in [1.807, 2.05) is 10.6 Å². The van der Waals surface area contributed by atoms with Crippen LogP contribution in [-0.4, -0.2) is 38.0 Å². The Balaban J connectivity index is 1.62. The number of barbiturate groups is 1. The number of carbonyl (C=O) groups is 3. The van der Waals surface area contributed by atoms with Gasteiger partial charge in [0, 0.05) is 16.7 Å². The molecule has 33 heavy (non-hydrogen) atoms. The number of nitrogens with one attached hydrogen (secondary N) is 3. The molecule has 0 spiro atoms. The van der Waals surface area contributed by atoms with E-state index in [-0.39, 0.29) is 26.9 Å². The van der Waals surface area contributed by atoms with Gasteiger partial charge in [0.1, 0.15) is 5.57 Å². The third-order valence-corrected chi connectivity index (χ3v) is 5.76. The van der Waals surface area contributed by atoms with Gasteiger partial charge >= 0.3 is 6.03 Å². The highest BCUT2D eigenvalue weighted by Crippen LogP contribution is 2.36. The number of nitrogens with zero attached hydrogens (tertiary/aromatic N) is 3. The summed E-state index contributed by atoms with van der Waals surface area (Å²) in [4.78, 5) is 50.4. The second-order valence-corrected chi connectivity index (χ2v) is 8.33. The molecule has 3 aromatic rings. The predicted octanol–water partition coefficient (Wildman–Crippen LogP) is 3.59. The van der Waals surface area contributed by atoms with Crippen LogP contribution in [0.1, 0.15) is 5.56 Å². The van der Waals surface area contributed by atoms with Crippen LogP contribution in [0.5, 0.6) is 0 Å². The van der Waals surface area contributed by atoms with Gasteiger partial charge < -0.3 is 0 Å². The summed E-state index contributed by atoms with van der Waals surface area (Å²) in [5.41, 5.74) is 0.115. The SMILES string of the molecule is O=C1NC(=O)C(=Cc2ccc(Sc3n[nH]c(-c4ccc(Cl)cc4Cl)n3)c([N+](=O)[O-])c2)C(=O)N1. The molecule has 0 bridgehead atoms. The quantitative estimate of drug-likeness (QED) is 0.205. The number of nitro benzene ring substituents is 1. The largest absolute Gasteiger partial charge is 0.328 e. The summed E-state index contributed by atoms with van der Waals surface area (Å²) in [7, 11) is 0. The summed E-state index contributed by atoms with van der Waals surface area (Å²) in [6, 6.07) is 8.01. The first-order valence-corrected chi connectivity index (χ1v) is 10.5.